The summed E-state index contributed by atoms with van der Waals surface area (Å²) in [5, 5.41) is 8.51. The van der Waals surface area contributed by atoms with Crippen molar-refractivity contribution >= 4 is 5.97 Å². The average Bonchev–Trinajstić information content (AvgIpc) is 2.43. The van der Waals surface area contributed by atoms with Crippen LogP contribution in [0.3, 0.4) is 0 Å². The molecule has 0 atom stereocenters. The molecule has 0 fully saturated rings. The summed E-state index contributed by atoms with van der Waals surface area (Å²) in [5.74, 6) is -0.661. The van der Waals surface area contributed by atoms with Crippen LogP contribution in [0.4, 0.5) is 0 Å². The molecule has 0 spiro atoms. The van der Waals surface area contributed by atoms with Gasteiger partial charge in [-0.05, 0) is 32.1 Å². The van der Waals surface area contributed by atoms with Gasteiger partial charge in [-0.3, -0.25) is 4.79 Å². The summed E-state index contributed by atoms with van der Waals surface area (Å²) in [5.41, 5.74) is 0. The van der Waals surface area contributed by atoms with Crippen molar-refractivity contribution in [2.24, 2.45) is 0 Å². The third-order valence-corrected chi connectivity index (χ3v) is 3.65. The van der Waals surface area contributed by atoms with Crippen molar-refractivity contribution in [3.63, 3.8) is 0 Å². The monoisotopic (exact) mass is 290 g/mol. The van der Waals surface area contributed by atoms with E-state index < -0.39 is 5.97 Å². The van der Waals surface area contributed by atoms with E-state index in [1.54, 1.807) is 0 Å². The summed E-state index contributed by atoms with van der Waals surface area (Å²) < 4.78 is 0. The van der Waals surface area contributed by atoms with Crippen LogP contribution in [0.25, 0.3) is 0 Å². The second kappa shape index (κ2) is 19.8. The number of carboxylic acid groups (broad SMARTS) is 1. The summed E-state index contributed by atoms with van der Waals surface area (Å²) in [6.45, 7) is 2.25. The minimum atomic E-state index is -0.661. The molecule has 0 saturated heterocycles. The van der Waals surface area contributed by atoms with Crippen LogP contribution in [0.1, 0.15) is 98.2 Å². The van der Waals surface area contributed by atoms with E-state index in [1.807, 2.05) is 0 Å². The minimum Gasteiger partial charge on any atom is -1.00 e. The molecule has 0 aromatic heterocycles. The summed E-state index contributed by atoms with van der Waals surface area (Å²) in [7, 11) is 0. The second-order valence-electron chi connectivity index (χ2n) is 5.73. The molecule has 21 heavy (non-hydrogen) atoms. The molecule has 0 rings (SSSR count). The van der Waals surface area contributed by atoms with E-state index in [4.69, 9.17) is 5.11 Å². The van der Waals surface area contributed by atoms with E-state index >= 15 is 0 Å². The van der Waals surface area contributed by atoms with Crippen LogP contribution >= 0.6 is 0 Å². The van der Waals surface area contributed by atoms with Crippen molar-refractivity contribution in [3.05, 3.63) is 12.2 Å². The molecular formula is C18H35LiO2. The Morgan fingerprint density at radius 1 is 0.810 bits per heavy atom. The van der Waals surface area contributed by atoms with Gasteiger partial charge in [0.2, 0.25) is 0 Å². The third-order valence-electron chi connectivity index (χ3n) is 3.65. The minimum absolute atomic E-state index is 0. The Balaban J connectivity index is -0.00000180. The number of hydrogen-bond donors (Lipinski definition) is 1. The zero-order valence-corrected chi connectivity index (χ0v) is 14.4. The molecule has 0 aromatic rings. The first-order valence-corrected chi connectivity index (χ1v) is 8.64. The molecule has 0 saturated carbocycles. The molecule has 0 amide bonds. The van der Waals surface area contributed by atoms with Crippen LogP contribution in [0, 0.1) is 0 Å². The van der Waals surface area contributed by atoms with E-state index in [1.165, 1.54) is 70.6 Å². The van der Waals surface area contributed by atoms with E-state index in [9.17, 15) is 4.79 Å². The van der Waals surface area contributed by atoms with Crippen molar-refractivity contribution in [2.45, 2.75) is 96.8 Å². The number of carbonyl (C=O) groups is 1. The number of unbranched alkanes of at least 4 members (excludes halogenated alkanes) is 11. The van der Waals surface area contributed by atoms with E-state index in [0.717, 1.165) is 12.8 Å². The number of carboxylic acids is 1. The summed E-state index contributed by atoms with van der Waals surface area (Å²) in [6.07, 6.45) is 21.2. The van der Waals surface area contributed by atoms with Crippen LogP contribution < -0.4 is 18.9 Å². The van der Waals surface area contributed by atoms with Gasteiger partial charge in [0.15, 0.2) is 0 Å². The van der Waals surface area contributed by atoms with Gasteiger partial charge in [0.1, 0.15) is 0 Å². The van der Waals surface area contributed by atoms with E-state index in [2.05, 4.69) is 19.1 Å². The van der Waals surface area contributed by atoms with Gasteiger partial charge in [0, 0.05) is 6.42 Å². The molecule has 120 valence electrons. The largest absolute Gasteiger partial charge is 1.00 e. The van der Waals surface area contributed by atoms with Crippen molar-refractivity contribution in [2.75, 3.05) is 0 Å². The predicted octanol–water partition coefficient (Wildman–Crippen LogP) is 3.23. The Hall–Kier alpha value is -0.193. The zero-order chi connectivity index (χ0) is 14.9. The molecule has 0 aliphatic heterocycles. The Morgan fingerprint density at radius 3 is 1.71 bits per heavy atom. The van der Waals surface area contributed by atoms with Gasteiger partial charge in [-0.25, -0.2) is 0 Å². The number of hydrogen-bond acceptors (Lipinski definition) is 1. The molecule has 0 unspecified atom stereocenters. The molecule has 3 heteroatoms. The first-order valence-electron chi connectivity index (χ1n) is 8.64. The molecular weight excluding hydrogens is 255 g/mol. The quantitative estimate of drug-likeness (QED) is 0.286. The molecule has 0 aliphatic carbocycles. The maximum absolute atomic E-state index is 10.3. The fraction of sp³-hybridized carbons (Fsp3) is 0.833. The zero-order valence-electron chi connectivity index (χ0n) is 15.4. The smallest absolute Gasteiger partial charge is 1.00 e. The SMILES string of the molecule is CCCCCC/C=C/CCCCCCCCCC(=O)O.[H-].[Li+]. The maximum atomic E-state index is 10.3. The fourth-order valence-electron chi connectivity index (χ4n) is 2.35. The topological polar surface area (TPSA) is 37.3 Å². The van der Waals surface area contributed by atoms with Crippen molar-refractivity contribution in [1.82, 2.24) is 0 Å². The number of allylic oxidation sites excluding steroid dienone is 2. The Morgan fingerprint density at radius 2 is 1.24 bits per heavy atom. The van der Waals surface area contributed by atoms with Gasteiger partial charge in [0.05, 0.1) is 0 Å². The Labute approximate surface area is 145 Å². The standard InChI is InChI=1S/C18H34O2.Li.H/c1-2-3-4-5-6-7-8-9-10-11-12-13-14-15-16-17-18(19)20;;/h7-8H,2-6,9-17H2,1H3,(H,19,20);;/q;+1;-1/b8-7+;;. The van der Waals surface area contributed by atoms with Crippen molar-refractivity contribution in [1.29, 1.82) is 0 Å². The molecule has 0 aliphatic rings. The summed E-state index contributed by atoms with van der Waals surface area (Å²) in [6, 6.07) is 0. The molecule has 0 heterocycles. The van der Waals surface area contributed by atoms with Gasteiger partial charge in [0.25, 0.3) is 0 Å². The third kappa shape index (κ3) is 22.2. The van der Waals surface area contributed by atoms with Crippen LogP contribution in [-0.2, 0) is 4.79 Å². The fourth-order valence-corrected chi connectivity index (χ4v) is 2.35. The first-order chi connectivity index (χ1) is 9.77. The molecule has 0 aromatic carbocycles. The Kier molecular flexibility index (Phi) is 21.8. The molecule has 1 N–H and O–H groups in total. The summed E-state index contributed by atoms with van der Waals surface area (Å²) >= 11 is 0. The predicted molar refractivity (Wildman–Crippen MR) is 88.2 cm³/mol. The normalized spacial score (nSPS) is 10.7. The first kappa shape index (κ1) is 23.1. The van der Waals surface area contributed by atoms with Gasteiger partial charge in [-0.15, -0.1) is 0 Å². The van der Waals surface area contributed by atoms with Crippen LogP contribution in [0.2, 0.25) is 0 Å². The van der Waals surface area contributed by atoms with Gasteiger partial charge in [-0.1, -0.05) is 70.4 Å². The van der Waals surface area contributed by atoms with Gasteiger partial charge >= 0.3 is 24.8 Å². The van der Waals surface area contributed by atoms with Crippen molar-refractivity contribution < 1.29 is 30.2 Å². The number of aliphatic carboxylic acids is 1. The second-order valence-corrected chi connectivity index (χ2v) is 5.73. The Bertz CT molecular complexity index is 245. The van der Waals surface area contributed by atoms with Gasteiger partial charge in [-0.2, -0.15) is 0 Å². The molecule has 0 radical (unpaired) electrons. The maximum Gasteiger partial charge on any atom is 1.00 e. The van der Waals surface area contributed by atoms with Crippen LogP contribution in [-0.4, -0.2) is 11.1 Å². The van der Waals surface area contributed by atoms with Crippen molar-refractivity contribution in [3.8, 4) is 0 Å². The van der Waals surface area contributed by atoms with Crippen LogP contribution in [0.5, 0.6) is 0 Å². The van der Waals surface area contributed by atoms with Crippen LogP contribution in [0.15, 0.2) is 12.2 Å². The number of rotatable bonds is 15. The van der Waals surface area contributed by atoms with Gasteiger partial charge < -0.3 is 6.53 Å². The van der Waals surface area contributed by atoms with E-state index in [0.29, 0.717) is 6.42 Å². The summed E-state index contributed by atoms with van der Waals surface area (Å²) in [4.78, 5) is 10.3. The van der Waals surface area contributed by atoms with E-state index in [-0.39, 0.29) is 20.3 Å². The molecule has 0 bridgehead atoms. The average molecular weight is 290 g/mol. The molecule has 2 nitrogen and oxygen atoms in total.